The molecule has 2 aliphatic rings. The van der Waals surface area contributed by atoms with Crippen molar-refractivity contribution in [2.45, 2.75) is 37.8 Å². The number of methoxy groups -OCH3 is 1. The molecule has 1 aliphatic carbocycles. The standard InChI is InChI=1S/C15H18N2OS/c1-18-12-7-5-11(6-8-12)13-14(19)17-15(16-13)9-3-2-4-10-15/h5-8H,2-4,9-10H2,1H3,(H,17,19). The number of thiocarbonyl (C=S) groups is 1. The van der Waals surface area contributed by atoms with E-state index in [1.54, 1.807) is 7.11 Å². The van der Waals surface area contributed by atoms with E-state index in [-0.39, 0.29) is 5.66 Å². The molecule has 1 N–H and O–H groups in total. The summed E-state index contributed by atoms with van der Waals surface area (Å²) in [7, 11) is 1.67. The zero-order chi connectivity index (χ0) is 13.3. The van der Waals surface area contributed by atoms with Crippen molar-refractivity contribution in [1.82, 2.24) is 5.32 Å². The topological polar surface area (TPSA) is 33.6 Å². The summed E-state index contributed by atoms with van der Waals surface area (Å²) < 4.78 is 5.18. The smallest absolute Gasteiger partial charge is 0.131 e. The zero-order valence-electron chi connectivity index (χ0n) is 11.1. The van der Waals surface area contributed by atoms with E-state index in [1.807, 2.05) is 24.3 Å². The van der Waals surface area contributed by atoms with Crippen molar-refractivity contribution in [3.63, 3.8) is 0 Å². The second-order valence-corrected chi connectivity index (χ2v) is 5.64. The van der Waals surface area contributed by atoms with Crippen LogP contribution in [0, 0.1) is 0 Å². The SMILES string of the molecule is COc1ccc(C2=NC3(CCCCC3)NC2=S)cc1. The lowest BCUT2D eigenvalue weighted by molar-refractivity contribution is 0.286. The third-order valence-corrected chi connectivity index (χ3v) is 4.23. The van der Waals surface area contributed by atoms with Crippen LogP contribution >= 0.6 is 12.2 Å². The van der Waals surface area contributed by atoms with Crippen LogP contribution in [0.3, 0.4) is 0 Å². The molecule has 1 spiro atoms. The van der Waals surface area contributed by atoms with E-state index in [0.29, 0.717) is 0 Å². The van der Waals surface area contributed by atoms with Gasteiger partial charge < -0.3 is 10.1 Å². The molecule has 1 heterocycles. The minimum atomic E-state index is -0.120. The zero-order valence-corrected chi connectivity index (χ0v) is 11.9. The number of nitrogens with one attached hydrogen (secondary N) is 1. The maximum Gasteiger partial charge on any atom is 0.131 e. The molecule has 1 aliphatic heterocycles. The molecule has 4 heteroatoms. The fraction of sp³-hybridized carbons (Fsp3) is 0.467. The number of nitrogens with zero attached hydrogens (tertiary/aromatic N) is 1. The van der Waals surface area contributed by atoms with Crippen molar-refractivity contribution in [3.05, 3.63) is 29.8 Å². The summed E-state index contributed by atoms with van der Waals surface area (Å²) in [6.07, 6.45) is 5.95. The van der Waals surface area contributed by atoms with E-state index in [9.17, 15) is 0 Å². The molecule has 1 saturated carbocycles. The first-order valence-corrected chi connectivity index (χ1v) is 7.20. The molecule has 0 aromatic heterocycles. The largest absolute Gasteiger partial charge is 0.497 e. The lowest BCUT2D eigenvalue weighted by Crippen LogP contribution is -2.43. The van der Waals surface area contributed by atoms with Crippen molar-refractivity contribution < 1.29 is 4.74 Å². The average molecular weight is 274 g/mol. The predicted molar refractivity (Wildman–Crippen MR) is 81.1 cm³/mol. The number of hydrogen-bond acceptors (Lipinski definition) is 3. The fourth-order valence-corrected chi connectivity index (χ4v) is 3.23. The molecule has 0 radical (unpaired) electrons. The van der Waals surface area contributed by atoms with Crippen LogP contribution in [0.4, 0.5) is 0 Å². The van der Waals surface area contributed by atoms with Crippen LogP contribution in [0.15, 0.2) is 29.3 Å². The summed E-state index contributed by atoms with van der Waals surface area (Å²) in [4.78, 5) is 5.69. The second-order valence-electron chi connectivity index (χ2n) is 5.24. The van der Waals surface area contributed by atoms with Gasteiger partial charge in [0.15, 0.2) is 0 Å². The van der Waals surface area contributed by atoms with Crippen molar-refractivity contribution >= 4 is 22.9 Å². The molecule has 1 aromatic carbocycles. The first kappa shape index (κ1) is 12.6. The van der Waals surface area contributed by atoms with Gasteiger partial charge in [-0.25, -0.2) is 0 Å². The Labute approximate surface area is 119 Å². The lowest BCUT2D eigenvalue weighted by Gasteiger charge is -2.30. The lowest BCUT2D eigenvalue weighted by atomic mass is 9.90. The predicted octanol–water partition coefficient (Wildman–Crippen LogP) is 3.08. The van der Waals surface area contributed by atoms with Crippen LogP contribution in [0.2, 0.25) is 0 Å². The number of rotatable bonds is 2. The Morgan fingerprint density at radius 1 is 1.16 bits per heavy atom. The number of hydrogen-bond donors (Lipinski definition) is 1. The van der Waals surface area contributed by atoms with Gasteiger partial charge in [-0.15, -0.1) is 0 Å². The van der Waals surface area contributed by atoms with Crippen molar-refractivity contribution in [1.29, 1.82) is 0 Å². The summed E-state index contributed by atoms with van der Waals surface area (Å²) in [5.41, 5.74) is 1.88. The molecule has 1 fully saturated rings. The molecule has 3 rings (SSSR count). The van der Waals surface area contributed by atoms with Gasteiger partial charge >= 0.3 is 0 Å². The average Bonchev–Trinajstić information content (AvgIpc) is 2.76. The Bertz CT molecular complexity index is 515. The molecule has 19 heavy (non-hydrogen) atoms. The molecule has 0 unspecified atom stereocenters. The first-order valence-electron chi connectivity index (χ1n) is 6.79. The Hall–Kier alpha value is -1.42. The molecule has 3 nitrogen and oxygen atoms in total. The molecular formula is C15H18N2OS. The highest BCUT2D eigenvalue weighted by Gasteiger charge is 2.38. The van der Waals surface area contributed by atoms with Gasteiger partial charge in [0.1, 0.15) is 22.1 Å². The van der Waals surface area contributed by atoms with Gasteiger partial charge in [0.2, 0.25) is 0 Å². The monoisotopic (exact) mass is 274 g/mol. The Balaban J connectivity index is 1.90. The van der Waals surface area contributed by atoms with Crippen molar-refractivity contribution in [2.75, 3.05) is 7.11 Å². The van der Waals surface area contributed by atoms with Crippen LogP contribution in [0.1, 0.15) is 37.7 Å². The maximum atomic E-state index is 5.46. The molecule has 0 atom stereocenters. The van der Waals surface area contributed by atoms with E-state index >= 15 is 0 Å². The fourth-order valence-electron chi connectivity index (χ4n) is 2.88. The summed E-state index contributed by atoms with van der Waals surface area (Å²) in [5.74, 6) is 0.855. The second kappa shape index (κ2) is 4.93. The van der Waals surface area contributed by atoms with E-state index in [1.165, 1.54) is 19.3 Å². The summed E-state index contributed by atoms with van der Waals surface area (Å²) in [6.45, 7) is 0. The molecule has 1 aromatic rings. The number of ether oxygens (including phenoxy) is 1. The summed E-state index contributed by atoms with van der Waals surface area (Å²) >= 11 is 5.46. The Morgan fingerprint density at radius 3 is 2.47 bits per heavy atom. The van der Waals surface area contributed by atoms with E-state index < -0.39 is 0 Å². The van der Waals surface area contributed by atoms with Crippen LogP contribution < -0.4 is 10.1 Å². The first-order chi connectivity index (χ1) is 9.22. The van der Waals surface area contributed by atoms with Gasteiger partial charge in [-0.1, -0.05) is 18.6 Å². The maximum absolute atomic E-state index is 5.46. The van der Waals surface area contributed by atoms with E-state index in [2.05, 4.69) is 5.32 Å². The highest BCUT2D eigenvalue weighted by Crippen LogP contribution is 2.33. The number of aliphatic imine (C=N–C) groups is 1. The van der Waals surface area contributed by atoms with Crippen molar-refractivity contribution in [2.24, 2.45) is 4.99 Å². The molecule has 0 amide bonds. The summed E-state index contributed by atoms with van der Waals surface area (Å²) in [5, 5.41) is 3.44. The van der Waals surface area contributed by atoms with Crippen LogP contribution in [0.5, 0.6) is 5.75 Å². The third-order valence-electron chi connectivity index (χ3n) is 3.93. The van der Waals surface area contributed by atoms with Gasteiger partial charge in [-0.05, 0) is 49.9 Å². The van der Waals surface area contributed by atoms with Gasteiger partial charge in [0, 0.05) is 5.56 Å². The van der Waals surface area contributed by atoms with Crippen LogP contribution in [-0.2, 0) is 0 Å². The molecule has 100 valence electrons. The van der Waals surface area contributed by atoms with Crippen LogP contribution in [-0.4, -0.2) is 23.5 Å². The highest BCUT2D eigenvalue weighted by atomic mass is 32.1. The van der Waals surface area contributed by atoms with E-state index in [0.717, 1.165) is 34.9 Å². The third kappa shape index (κ3) is 2.37. The van der Waals surface area contributed by atoms with Gasteiger partial charge in [0.05, 0.1) is 7.11 Å². The minimum absolute atomic E-state index is 0.120. The Morgan fingerprint density at radius 2 is 1.84 bits per heavy atom. The van der Waals surface area contributed by atoms with E-state index in [4.69, 9.17) is 21.9 Å². The number of benzene rings is 1. The Kier molecular flexibility index (Phi) is 3.27. The quantitative estimate of drug-likeness (QED) is 0.841. The highest BCUT2D eigenvalue weighted by molar-refractivity contribution is 7.82. The molecule has 0 saturated heterocycles. The molecule has 0 bridgehead atoms. The van der Waals surface area contributed by atoms with Gasteiger partial charge in [-0.3, -0.25) is 4.99 Å². The normalized spacial score (nSPS) is 21.1. The van der Waals surface area contributed by atoms with Gasteiger partial charge in [-0.2, -0.15) is 0 Å². The van der Waals surface area contributed by atoms with Crippen LogP contribution in [0.25, 0.3) is 0 Å². The minimum Gasteiger partial charge on any atom is -0.497 e. The summed E-state index contributed by atoms with van der Waals surface area (Å²) in [6, 6.07) is 7.94. The molecular weight excluding hydrogens is 256 g/mol. The van der Waals surface area contributed by atoms with Crippen molar-refractivity contribution in [3.8, 4) is 5.75 Å². The van der Waals surface area contributed by atoms with Gasteiger partial charge in [0.25, 0.3) is 0 Å².